The van der Waals surface area contributed by atoms with Gasteiger partial charge in [0.2, 0.25) is 0 Å². The van der Waals surface area contributed by atoms with E-state index in [1.165, 1.54) is 11.1 Å². The summed E-state index contributed by atoms with van der Waals surface area (Å²) in [4.78, 5) is 3.05. The Kier molecular flexibility index (Phi) is 1.99. The van der Waals surface area contributed by atoms with E-state index < -0.39 is 0 Å². The number of nitrogens with one attached hydrogen (secondary N) is 1. The first-order valence-electron chi connectivity index (χ1n) is 5.19. The lowest BCUT2D eigenvalue weighted by molar-refractivity contribution is 0.573. The van der Waals surface area contributed by atoms with Gasteiger partial charge in [-0.25, -0.2) is 0 Å². The Hall–Kier alpha value is -1.35. The number of H-pyrrole nitrogens is 1. The number of nitrogens with zero attached hydrogens (tertiary/aromatic N) is 1. The van der Waals surface area contributed by atoms with E-state index >= 15 is 0 Å². The monoisotopic (exact) mass is 216 g/mol. The molecule has 0 aliphatic heterocycles. The first-order valence-corrected chi connectivity index (χ1v) is 5.60. The van der Waals surface area contributed by atoms with Gasteiger partial charge in [-0.2, -0.15) is 0 Å². The van der Waals surface area contributed by atoms with Crippen molar-refractivity contribution >= 4 is 12.2 Å². The zero-order valence-electron chi connectivity index (χ0n) is 8.31. The number of hydrogen-bond acceptors (Lipinski definition) is 1. The van der Waals surface area contributed by atoms with Crippen molar-refractivity contribution < 1.29 is 0 Å². The fraction of sp³-hybridized carbons (Fsp3) is 0.250. The maximum absolute atomic E-state index is 5.26. The van der Waals surface area contributed by atoms with Gasteiger partial charge in [-0.15, -0.1) is 0 Å². The third-order valence-corrected chi connectivity index (χ3v) is 3.44. The lowest BCUT2D eigenvalue weighted by Crippen LogP contribution is -2.05. The summed E-state index contributed by atoms with van der Waals surface area (Å²) in [5.41, 5.74) is 2.89. The molecular formula is C12H12N2S. The van der Waals surface area contributed by atoms with Crippen molar-refractivity contribution in [3.63, 3.8) is 0 Å². The number of fused-ring (bicyclic) bond motifs is 1. The molecular weight excluding hydrogens is 204 g/mol. The molecule has 1 heterocycles. The number of hydrogen-bond donors (Lipinski definition) is 1. The Morgan fingerprint density at radius 2 is 2.20 bits per heavy atom. The highest BCUT2D eigenvalue weighted by molar-refractivity contribution is 7.71. The van der Waals surface area contributed by atoms with Crippen molar-refractivity contribution in [2.75, 3.05) is 0 Å². The van der Waals surface area contributed by atoms with Crippen LogP contribution >= 0.6 is 12.2 Å². The highest BCUT2D eigenvalue weighted by Crippen LogP contribution is 2.33. The minimum atomic E-state index is 0.431. The molecule has 1 aromatic carbocycles. The predicted octanol–water partition coefficient (Wildman–Crippen LogP) is 3.08. The molecule has 15 heavy (non-hydrogen) atoms. The molecule has 1 unspecified atom stereocenters. The molecule has 2 nitrogen and oxygen atoms in total. The predicted molar refractivity (Wildman–Crippen MR) is 62.5 cm³/mol. The molecule has 1 aliphatic carbocycles. The van der Waals surface area contributed by atoms with Crippen LogP contribution in [0.4, 0.5) is 0 Å². The molecule has 0 spiro atoms. The molecule has 0 radical (unpaired) electrons. The fourth-order valence-electron chi connectivity index (χ4n) is 2.40. The second-order valence-corrected chi connectivity index (χ2v) is 4.31. The van der Waals surface area contributed by atoms with Gasteiger partial charge < -0.3 is 9.55 Å². The topological polar surface area (TPSA) is 20.7 Å². The molecule has 2 aromatic rings. The maximum Gasteiger partial charge on any atom is 0.177 e. The molecule has 0 bridgehead atoms. The molecule has 1 N–H and O–H groups in total. The van der Waals surface area contributed by atoms with Gasteiger partial charge in [0, 0.05) is 12.4 Å². The average molecular weight is 216 g/mol. The summed E-state index contributed by atoms with van der Waals surface area (Å²) in [5, 5.41) is 0. The van der Waals surface area contributed by atoms with Crippen molar-refractivity contribution in [3.05, 3.63) is 52.6 Å². The minimum Gasteiger partial charge on any atom is -0.337 e. The Labute approximate surface area is 93.6 Å². The smallest absolute Gasteiger partial charge is 0.177 e. The third kappa shape index (κ3) is 1.35. The molecule has 76 valence electrons. The second kappa shape index (κ2) is 3.35. The summed E-state index contributed by atoms with van der Waals surface area (Å²) in [6.45, 7) is 0. The normalized spacial score (nSPS) is 19.1. The summed E-state index contributed by atoms with van der Waals surface area (Å²) in [7, 11) is 0. The molecule has 1 aromatic heterocycles. The van der Waals surface area contributed by atoms with Crippen LogP contribution in [-0.4, -0.2) is 9.55 Å². The van der Waals surface area contributed by atoms with Gasteiger partial charge in [-0.1, -0.05) is 24.3 Å². The van der Waals surface area contributed by atoms with Crippen LogP contribution in [0, 0.1) is 4.77 Å². The molecule has 1 atom stereocenters. The number of rotatable bonds is 1. The van der Waals surface area contributed by atoms with E-state index in [2.05, 4.69) is 33.8 Å². The van der Waals surface area contributed by atoms with E-state index in [-0.39, 0.29) is 0 Å². The number of aromatic nitrogens is 2. The molecule has 1 aliphatic rings. The van der Waals surface area contributed by atoms with Gasteiger partial charge in [0.15, 0.2) is 4.77 Å². The molecule has 0 saturated carbocycles. The van der Waals surface area contributed by atoms with E-state index in [0.717, 1.165) is 17.6 Å². The highest BCUT2D eigenvalue weighted by Gasteiger charge is 2.23. The minimum absolute atomic E-state index is 0.431. The van der Waals surface area contributed by atoms with Crippen molar-refractivity contribution in [3.8, 4) is 0 Å². The number of benzene rings is 1. The van der Waals surface area contributed by atoms with Crippen LogP contribution in [0.1, 0.15) is 23.6 Å². The van der Waals surface area contributed by atoms with Crippen LogP contribution in [0.2, 0.25) is 0 Å². The molecule has 3 heteroatoms. The van der Waals surface area contributed by atoms with Crippen LogP contribution in [0.3, 0.4) is 0 Å². The highest BCUT2D eigenvalue weighted by atomic mass is 32.1. The zero-order chi connectivity index (χ0) is 10.3. The maximum atomic E-state index is 5.26. The van der Waals surface area contributed by atoms with Crippen LogP contribution in [0.5, 0.6) is 0 Å². The molecule has 3 rings (SSSR count). The standard InChI is InChI=1S/C12H12N2S/c15-12-13-7-8-14(12)11-6-5-9-3-1-2-4-10(9)11/h1-4,7-8,11H,5-6H2,(H,13,15). The van der Waals surface area contributed by atoms with E-state index in [1.807, 2.05) is 12.4 Å². The van der Waals surface area contributed by atoms with Crippen LogP contribution < -0.4 is 0 Å². The lowest BCUT2D eigenvalue weighted by Gasteiger charge is -2.12. The second-order valence-electron chi connectivity index (χ2n) is 3.93. The number of aromatic amines is 1. The SMILES string of the molecule is S=c1[nH]ccn1C1CCc2ccccc21. The lowest BCUT2D eigenvalue weighted by atomic mass is 10.1. The Bertz CT molecular complexity index is 538. The first kappa shape index (κ1) is 8.92. The van der Waals surface area contributed by atoms with Crippen molar-refractivity contribution in [2.45, 2.75) is 18.9 Å². The fourth-order valence-corrected chi connectivity index (χ4v) is 2.66. The van der Waals surface area contributed by atoms with E-state index in [4.69, 9.17) is 12.2 Å². The Morgan fingerprint density at radius 3 is 3.00 bits per heavy atom. The summed E-state index contributed by atoms with van der Waals surface area (Å²) in [6, 6.07) is 9.07. The van der Waals surface area contributed by atoms with Crippen molar-refractivity contribution in [2.24, 2.45) is 0 Å². The van der Waals surface area contributed by atoms with Crippen molar-refractivity contribution in [1.29, 1.82) is 0 Å². The molecule has 0 saturated heterocycles. The molecule has 0 fully saturated rings. The van der Waals surface area contributed by atoms with Crippen LogP contribution in [0.15, 0.2) is 36.7 Å². The van der Waals surface area contributed by atoms with Crippen LogP contribution in [0.25, 0.3) is 0 Å². The van der Waals surface area contributed by atoms with Gasteiger partial charge in [0.05, 0.1) is 6.04 Å². The van der Waals surface area contributed by atoms with E-state index in [1.54, 1.807) is 0 Å². The Balaban J connectivity index is 2.12. The first-order chi connectivity index (χ1) is 7.36. The largest absolute Gasteiger partial charge is 0.337 e. The van der Waals surface area contributed by atoms with E-state index in [0.29, 0.717) is 6.04 Å². The van der Waals surface area contributed by atoms with Gasteiger partial charge in [-0.05, 0) is 36.2 Å². The average Bonchev–Trinajstić information content (AvgIpc) is 2.83. The zero-order valence-corrected chi connectivity index (χ0v) is 9.13. The summed E-state index contributed by atoms with van der Waals surface area (Å²) >= 11 is 5.26. The Morgan fingerprint density at radius 1 is 1.33 bits per heavy atom. The van der Waals surface area contributed by atoms with Crippen LogP contribution in [-0.2, 0) is 6.42 Å². The van der Waals surface area contributed by atoms with Gasteiger partial charge in [0.25, 0.3) is 0 Å². The van der Waals surface area contributed by atoms with E-state index in [9.17, 15) is 0 Å². The summed E-state index contributed by atoms with van der Waals surface area (Å²) in [6.07, 6.45) is 6.26. The summed E-state index contributed by atoms with van der Waals surface area (Å²) in [5.74, 6) is 0. The summed E-state index contributed by atoms with van der Waals surface area (Å²) < 4.78 is 2.97. The van der Waals surface area contributed by atoms with Crippen molar-refractivity contribution in [1.82, 2.24) is 9.55 Å². The quantitative estimate of drug-likeness (QED) is 0.726. The number of aryl methyl sites for hydroxylation is 1. The number of imidazole rings is 1. The molecule has 0 amide bonds. The van der Waals surface area contributed by atoms with Gasteiger partial charge in [0.1, 0.15) is 0 Å². The van der Waals surface area contributed by atoms with Gasteiger partial charge in [-0.3, -0.25) is 0 Å². The third-order valence-electron chi connectivity index (χ3n) is 3.11. The van der Waals surface area contributed by atoms with Gasteiger partial charge >= 0.3 is 0 Å².